The molecule has 0 unspecified atom stereocenters. The number of rotatable bonds is 4. The highest BCUT2D eigenvalue weighted by atomic mass is 19.4. The van der Waals surface area contributed by atoms with Gasteiger partial charge in [0.05, 0.1) is 17.8 Å². The molecule has 2 aromatic heterocycles. The molecule has 2 N–H and O–H groups in total. The second-order valence-corrected chi connectivity index (χ2v) is 3.94. The molecular formula is C12H12F3N5. The van der Waals surface area contributed by atoms with Crippen LogP contribution in [0.5, 0.6) is 0 Å². The van der Waals surface area contributed by atoms with E-state index in [1.54, 1.807) is 12.1 Å². The maximum atomic E-state index is 12.7. The largest absolute Gasteiger partial charge is 0.416 e. The Bertz CT molecular complexity index is 571. The molecule has 0 spiro atoms. The van der Waals surface area contributed by atoms with E-state index in [0.717, 1.165) is 12.1 Å². The minimum absolute atomic E-state index is 0.120. The van der Waals surface area contributed by atoms with Gasteiger partial charge in [-0.1, -0.05) is 0 Å². The third kappa shape index (κ3) is 3.56. The van der Waals surface area contributed by atoms with Gasteiger partial charge in [0.15, 0.2) is 0 Å². The first-order valence-electron chi connectivity index (χ1n) is 5.76. The Morgan fingerprint density at radius 1 is 1.20 bits per heavy atom. The van der Waals surface area contributed by atoms with Crippen LogP contribution in [0.1, 0.15) is 11.3 Å². The predicted octanol–water partition coefficient (Wildman–Crippen LogP) is 2.54. The topological polar surface area (TPSA) is 62.7 Å². The van der Waals surface area contributed by atoms with Crippen molar-refractivity contribution < 1.29 is 13.2 Å². The average Bonchev–Trinajstić information content (AvgIpc) is 2.45. The highest BCUT2D eigenvalue weighted by Gasteiger charge is 2.31. The smallest absolute Gasteiger partial charge is 0.373 e. The molecule has 0 saturated heterocycles. The average molecular weight is 283 g/mol. The Morgan fingerprint density at radius 3 is 2.55 bits per heavy atom. The molecule has 0 aliphatic rings. The molecule has 2 rings (SSSR count). The first kappa shape index (κ1) is 14.0. The molecule has 0 aliphatic heterocycles. The predicted molar refractivity (Wildman–Crippen MR) is 68.1 cm³/mol. The zero-order valence-corrected chi connectivity index (χ0v) is 10.6. The van der Waals surface area contributed by atoms with Gasteiger partial charge in [-0.25, -0.2) is 4.98 Å². The number of aromatic nitrogens is 3. The van der Waals surface area contributed by atoms with Crippen molar-refractivity contribution in [3.63, 3.8) is 0 Å². The van der Waals surface area contributed by atoms with Crippen LogP contribution in [-0.2, 0) is 12.7 Å². The summed E-state index contributed by atoms with van der Waals surface area (Å²) in [5.74, 6) is 0.260. The maximum absolute atomic E-state index is 12.7. The lowest BCUT2D eigenvalue weighted by molar-refractivity contribution is -0.137. The lowest BCUT2D eigenvalue weighted by atomic mass is 10.2. The molecule has 0 saturated carbocycles. The monoisotopic (exact) mass is 283 g/mol. The van der Waals surface area contributed by atoms with Gasteiger partial charge in [0.2, 0.25) is 0 Å². The van der Waals surface area contributed by atoms with Crippen molar-refractivity contribution in [1.29, 1.82) is 0 Å². The minimum atomic E-state index is -4.42. The fourth-order valence-corrected chi connectivity index (χ4v) is 1.52. The highest BCUT2D eigenvalue weighted by molar-refractivity contribution is 5.49. The van der Waals surface area contributed by atoms with Crippen LogP contribution in [0.15, 0.2) is 30.5 Å². The summed E-state index contributed by atoms with van der Waals surface area (Å²) in [6, 6.07) is 5.32. The lowest BCUT2D eigenvalue weighted by Gasteiger charge is -2.12. The standard InChI is InChI=1S/C12H12F3N5/c1-16-10-5-8(12(13,14)15)6-11(19-10)17-7-9-3-2-4-18-20-9/h2-6H,7H2,1H3,(H2,16,17,19). The highest BCUT2D eigenvalue weighted by Crippen LogP contribution is 2.31. The molecule has 0 aromatic carbocycles. The summed E-state index contributed by atoms with van der Waals surface area (Å²) in [5.41, 5.74) is -0.156. The Labute approximate surface area is 113 Å². The number of halogens is 3. The fourth-order valence-electron chi connectivity index (χ4n) is 1.52. The SMILES string of the molecule is CNc1cc(C(F)(F)F)cc(NCc2cccnn2)n1. The summed E-state index contributed by atoms with van der Waals surface area (Å²) in [6.45, 7) is 0.241. The van der Waals surface area contributed by atoms with Gasteiger partial charge in [-0.2, -0.15) is 23.4 Å². The third-order valence-electron chi connectivity index (χ3n) is 2.49. The van der Waals surface area contributed by atoms with E-state index in [-0.39, 0.29) is 18.2 Å². The fraction of sp³-hybridized carbons (Fsp3) is 0.250. The van der Waals surface area contributed by atoms with Crippen LogP contribution in [0.3, 0.4) is 0 Å². The first-order valence-corrected chi connectivity index (χ1v) is 5.76. The number of pyridine rings is 1. The molecule has 0 amide bonds. The van der Waals surface area contributed by atoms with Crippen LogP contribution in [-0.4, -0.2) is 22.2 Å². The summed E-state index contributed by atoms with van der Waals surface area (Å²) >= 11 is 0. The van der Waals surface area contributed by atoms with Gasteiger partial charge in [0, 0.05) is 13.2 Å². The third-order valence-corrected chi connectivity index (χ3v) is 2.49. The summed E-state index contributed by atoms with van der Waals surface area (Å²) in [5, 5.41) is 12.9. The van der Waals surface area contributed by atoms with E-state index in [4.69, 9.17) is 0 Å². The molecule has 0 radical (unpaired) electrons. The molecule has 0 fully saturated rings. The molecule has 0 bridgehead atoms. The molecule has 0 aliphatic carbocycles. The molecule has 106 valence electrons. The van der Waals surface area contributed by atoms with Gasteiger partial charge < -0.3 is 10.6 Å². The molecule has 0 atom stereocenters. The van der Waals surface area contributed by atoms with Crippen LogP contribution >= 0.6 is 0 Å². The minimum Gasteiger partial charge on any atom is -0.373 e. The summed E-state index contributed by atoms with van der Waals surface area (Å²) in [6.07, 6.45) is -2.90. The van der Waals surface area contributed by atoms with Gasteiger partial charge in [-0.15, -0.1) is 0 Å². The Hall–Kier alpha value is -2.38. The number of hydrogen-bond acceptors (Lipinski definition) is 5. The maximum Gasteiger partial charge on any atom is 0.416 e. The summed E-state index contributed by atoms with van der Waals surface area (Å²) in [4.78, 5) is 4.01. The summed E-state index contributed by atoms with van der Waals surface area (Å²) in [7, 11) is 1.51. The number of nitrogens with zero attached hydrogens (tertiary/aromatic N) is 3. The van der Waals surface area contributed by atoms with Gasteiger partial charge in [0.25, 0.3) is 0 Å². The summed E-state index contributed by atoms with van der Waals surface area (Å²) < 4.78 is 38.2. The molecule has 20 heavy (non-hydrogen) atoms. The zero-order chi connectivity index (χ0) is 14.6. The van der Waals surface area contributed by atoms with Gasteiger partial charge in [-0.05, 0) is 24.3 Å². The van der Waals surface area contributed by atoms with Crippen LogP contribution in [0.2, 0.25) is 0 Å². The van der Waals surface area contributed by atoms with E-state index in [9.17, 15) is 13.2 Å². The van der Waals surface area contributed by atoms with Crippen LogP contribution < -0.4 is 10.6 Å². The van der Waals surface area contributed by atoms with Crippen molar-refractivity contribution in [3.8, 4) is 0 Å². The quantitative estimate of drug-likeness (QED) is 0.903. The van der Waals surface area contributed by atoms with Crippen LogP contribution in [0, 0.1) is 0 Å². The van der Waals surface area contributed by atoms with E-state index in [0.29, 0.717) is 5.69 Å². The first-order chi connectivity index (χ1) is 9.49. The number of nitrogens with one attached hydrogen (secondary N) is 2. The van der Waals surface area contributed by atoms with Crippen LogP contribution in [0.25, 0.3) is 0 Å². The van der Waals surface area contributed by atoms with Crippen molar-refractivity contribution >= 4 is 11.6 Å². The second kappa shape index (κ2) is 5.72. The van der Waals surface area contributed by atoms with Gasteiger partial charge in [0.1, 0.15) is 11.6 Å². The van der Waals surface area contributed by atoms with E-state index in [2.05, 4.69) is 25.8 Å². The molecule has 2 heterocycles. The lowest BCUT2D eigenvalue weighted by Crippen LogP contribution is -2.10. The Balaban J connectivity index is 2.19. The van der Waals surface area contributed by atoms with E-state index in [1.807, 2.05) is 0 Å². The normalized spacial score (nSPS) is 11.2. The van der Waals surface area contributed by atoms with E-state index >= 15 is 0 Å². The molecule has 5 nitrogen and oxygen atoms in total. The van der Waals surface area contributed by atoms with Crippen LogP contribution in [0.4, 0.5) is 24.8 Å². The van der Waals surface area contributed by atoms with Gasteiger partial charge in [-0.3, -0.25) is 0 Å². The van der Waals surface area contributed by atoms with Crippen molar-refractivity contribution in [3.05, 3.63) is 41.7 Å². The van der Waals surface area contributed by atoms with Crippen molar-refractivity contribution in [1.82, 2.24) is 15.2 Å². The molecule has 2 aromatic rings. The second-order valence-electron chi connectivity index (χ2n) is 3.94. The van der Waals surface area contributed by atoms with Crippen molar-refractivity contribution in [2.24, 2.45) is 0 Å². The van der Waals surface area contributed by atoms with Gasteiger partial charge >= 0.3 is 6.18 Å². The number of anilines is 2. The zero-order valence-electron chi connectivity index (χ0n) is 10.6. The number of alkyl halides is 3. The van der Waals surface area contributed by atoms with Crippen molar-refractivity contribution in [2.45, 2.75) is 12.7 Å². The van der Waals surface area contributed by atoms with E-state index < -0.39 is 11.7 Å². The van der Waals surface area contributed by atoms with E-state index in [1.165, 1.54) is 13.2 Å². The Kier molecular flexibility index (Phi) is 4.02. The van der Waals surface area contributed by atoms with Crippen molar-refractivity contribution in [2.75, 3.05) is 17.7 Å². The molecule has 8 heteroatoms. The number of hydrogen-bond donors (Lipinski definition) is 2. The molecular weight excluding hydrogens is 271 g/mol. The Morgan fingerprint density at radius 2 is 1.95 bits per heavy atom.